The average molecular weight is 727 g/mol. The maximum absolute atomic E-state index is 2.71. The van der Waals surface area contributed by atoms with E-state index >= 15 is 0 Å². The van der Waals surface area contributed by atoms with Crippen molar-refractivity contribution in [2.24, 2.45) is 0 Å². The minimum atomic E-state index is 0.0242. The molecule has 0 saturated carbocycles. The van der Waals surface area contributed by atoms with E-state index in [1.807, 2.05) is 11.3 Å². The molecule has 6 aromatic rings. The maximum Gasteiger partial charge on any atom is 0.264 e. The summed E-state index contributed by atoms with van der Waals surface area (Å²) >= 11 is 1.99. The molecule has 0 unspecified atom stereocenters. The Morgan fingerprint density at radius 3 is 1.93 bits per heavy atom. The van der Waals surface area contributed by atoms with E-state index in [0.717, 1.165) is 0 Å². The third kappa shape index (κ3) is 5.19. The van der Waals surface area contributed by atoms with Gasteiger partial charge in [-0.2, -0.15) is 0 Å². The lowest BCUT2D eigenvalue weighted by atomic mass is 9.35. The van der Waals surface area contributed by atoms with E-state index in [4.69, 9.17) is 0 Å². The van der Waals surface area contributed by atoms with Gasteiger partial charge in [-0.1, -0.05) is 124 Å². The van der Waals surface area contributed by atoms with E-state index in [1.165, 1.54) is 106 Å². The van der Waals surface area contributed by atoms with Crippen LogP contribution in [0.2, 0.25) is 0 Å². The highest BCUT2D eigenvalue weighted by molar-refractivity contribution is 7.33. The number of benzene rings is 5. The van der Waals surface area contributed by atoms with Crippen molar-refractivity contribution in [3.63, 3.8) is 0 Å². The van der Waals surface area contributed by atoms with Crippen LogP contribution in [0, 0.1) is 13.8 Å². The first-order valence-corrected chi connectivity index (χ1v) is 20.8. The zero-order valence-corrected chi connectivity index (χ0v) is 35.3. The lowest BCUT2D eigenvalue weighted by Crippen LogP contribution is -2.61. The molecule has 0 N–H and O–H groups in total. The summed E-state index contributed by atoms with van der Waals surface area (Å²) in [6.45, 7) is 28.6. The van der Waals surface area contributed by atoms with Gasteiger partial charge in [-0.3, -0.25) is 0 Å². The average Bonchev–Trinajstić information content (AvgIpc) is 3.48. The van der Waals surface area contributed by atoms with Gasteiger partial charge in [0, 0.05) is 43.3 Å². The van der Waals surface area contributed by atoms with Gasteiger partial charge in [0.2, 0.25) is 0 Å². The highest BCUT2D eigenvalue weighted by Gasteiger charge is 2.49. The van der Waals surface area contributed by atoms with E-state index in [-0.39, 0.29) is 28.4 Å². The zero-order chi connectivity index (χ0) is 38.3. The van der Waals surface area contributed by atoms with Crippen molar-refractivity contribution in [3.8, 4) is 0 Å². The molecule has 3 aliphatic rings. The fraction of sp³-hybridized carbons (Fsp3) is 0.360. The first kappa shape index (κ1) is 35.4. The standard InChI is InChI=1S/C50H55BN2S/c1-30-27-39-43-40(28-30)53(38-24-19-33(29-31(38)2)48(6,7)8)45-37(23-22-36-42(45)50(11,12)26-25-49(36,9)10)51(43)46-44(35-15-13-14-16-41(35)54-46)52(39)34-20-17-32(18-21-34)47(3,4)5/h13-24,27-29H,25-26H2,1-12H3. The molecule has 4 heteroatoms. The molecule has 2 aliphatic heterocycles. The first-order valence-electron chi connectivity index (χ1n) is 20.0. The van der Waals surface area contributed by atoms with E-state index in [9.17, 15) is 0 Å². The molecule has 0 radical (unpaired) electrons. The number of thiophene rings is 1. The number of hydrogen-bond donors (Lipinski definition) is 0. The molecule has 274 valence electrons. The second-order valence-corrected chi connectivity index (χ2v) is 21.0. The van der Waals surface area contributed by atoms with Crippen molar-refractivity contribution in [2.45, 2.75) is 118 Å². The summed E-state index contributed by atoms with van der Waals surface area (Å²) in [6.07, 6.45) is 2.36. The van der Waals surface area contributed by atoms with Crippen LogP contribution in [0.1, 0.15) is 115 Å². The van der Waals surface area contributed by atoms with Crippen LogP contribution in [-0.4, -0.2) is 6.71 Å². The maximum atomic E-state index is 2.71. The number of anilines is 6. The Bertz CT molecular complexity index is 2500. The van der Waals surface area contributed by atoms with Crippen LogP contribution in [0.4, 0.5) is 34.1 Å². The molecular weight excluding hydrogens is 671 g/mol. The topological polar surface area (TPSA) is 6.48 Å². The monoisotopic (exact) mass is 726 g/mol. The summed E-state index contributed by atoms with van der Waals surface area (Å²) in [5.41, 5.74) is 19.4. The van der Waals surface area contributed by atoms with Crippen LogP contribution in [0.25, 0.3) is 10.1 Å². The summed E-state index contributed by atoms with van der Waals surface area (Å²) in [4.78, 5) is 5.31. The molecule has 0 amide bonds. The van der Waals surface area contributed by atoms with E-state index < -0.39 is 0 Å². The lowest BCUT2D eigenvalue weighted by molar-refractivity contribution is 0.333. The van der Waals surface area contributed by atoms with Gasteiger partial charge in [-0.05, 0) is 129 Å². The SMILES string of the molecule is Cc1cc2c3c(c1)N(c1ccc(C(C)(C)C)cc1)c1c(sc4ccccc14)B3c1ccc3c(c1N2c1ccc(C(C)(C)C)cc1C)C(C)(C)CCC3(C)C. The third-order valence-corrected chi connectivity index (χ3v) is 14.2. The summed E-state index contributed by atoms with van der Waals surface area (Å²) in [5.74, 6) is 0. The predicted octanol–water partition coefficient (Wildman–Crippen LogP) is 12.5. The van der Waals surface area contributed by atoms with Gasteiger partial charge < -0.3 is 9.80 Å². The van der Waals surface area contributed by atoms with Gasteiger partial charge in [-0.15, -0.1) is 11.3 Å². The van der Waals surface area contributed by atoms with E-state index in [2.05, 4.69) is 184 Å². The normalized spacial score (nSPS) is 16.9. The van der Waals surface area contributed by atoms with Crippen LogP contribution in [0.3, 0.4) is 0 Å². The molecule has 1 aromatic heterocycles. The van der Waals surface area contributed by atoms with Gasteiger partial charge in [-0.25, -0.2) is 0 Å². The Kier molecular flexibility index (Phi) is 7.62. The molecule has 54 heavy (non-hydrogen) atoms. The Morgan fingerprint density at radius 2 is 1.26 bits per heavy atom. The molecule has 0 saturated heterocycles. The number of fused-ring (bicyclic) bond motifs is 8. The minimum absolute atomic E-state index is 0.0242. The van der Waals surface area contributed by atoms with Crippen molar-refractivity contribution < 1.29 is 0 Å². The Balaban J connectivity index is 1.42. The van der Waals surface area contributed by atoms with Crippen LogP contribution in [0.5, 0.6) is 0 Å². The van der Waals surface area contributed by atoms with Gasteiger partial charge in [0.15, 0.2) is 0 Å². The summed E-state index contributed by atoms with van der Waals surface area (Å²) in [7, 11) is 0. The quantitative estimate of drug-likeness (QED) is 0.164. The predicted molar refractivity (Wildman–Crippen MR) is 238 cm³/mol. The number of nitrogens with zero attached hydrogens (tertiary/aromatic N) is 2. The molecule has 1 aliphatic carbocycles. The third-order valence-electron chi connectivity index (χ3n) is 13.0. The van der Waals surface area contributed by atoms with E-state index in [0.29, 0.717) is 0 Å². The summed E-state index contributed by atoms with van der Waals surface area (Å²) in [6, 6.07) is 35.7. The molecule has 0 fully saturated rings. The second-order valence-electron chi connectivity index (χ2n) is 19.9. The number of hydrogen-bond acceptors (Lipinski definition) is 3. The molecule has 9 rings (SSSR count). The Morgan fingerprint density at radius 1 is 0.630 bits per heavy atom. The molecule has 0 spiro atoms. The number of rotatable bonds is 2. The van der Waals surface area contributed by atoms with Crippen molar-refractivity contribution in [2.75, 3.05) is 9.80 Å². The fourth-order valence-corrected chi connectivity index (χ4v) is 11.1. The van der Waals surface area contributed by atoms with Crippen molar-refractivity contribution in [1.82, 2.24) is 0 Å². The van der Waals surface area contributed by atoms with Crippen molar-refractivity contribution >= 4 is 78.0 Å². The second kappa shape index (κ2) is 11.6. The zero-order valence-electron chi connectivity index (χ0n) is 34.5. The van der Waals surface area contributed by atoms with Gasteiger partial charge in [0.05, 0.1) is 5.69 Å². The van der Waals surface area contributed by atoms with Crippen LogP contribution >= 0.6 is 11.3 Å². The summed E-state index contributed by atoms with van der Waals surface area (Å²) in [5, 5.41) is 1.34. The van der Waals surface area contributed by atoms with Crippen molar-refractivity contribution in [1.29, 1.82) is 0 Å². The highest BCUT2D eigenvalue weighted by atomic mass is 32.1. The summed E-state index contributed by atoms with van der Waals surface area (Å²) < 4.78 is 2.80. The largest absolute Gasteiger partial charge is 0.311 e. The van der Waals surface area contributed by atoms with Gasteiger partial charge >= 0.3 is 0 Å². The molecule has 0 atom stereocenters. The van der Waals surface area contributed by atoms with Gasteiger partial charge in [0.1, 0.15) is 0 Å². The fourth-order valence-electron chi connectivity index (χ4n) is 9.79. The smallest absolute Gasteiger partial charge is 0.264 e. The van der Waals surface area contributed by atoms with E-state index in [1.54, 1.807) is 0 Å². The van der Waals surface area contributed by atoms with Crippen LogP contribution in [-0.2, 0) is 21.7 Å². The Hall–Kier alpha value is -4.28. The minimum Gasteiger partial charge on any atom is -0.311 e. The van der Waals surface area contributed by atoms with Gasteiger partial charge in [0.25, 0.3) is 6.71 Å². The lowest BCUT2D eigenvalue weighted by Gasteiger charge is -2.49. The number of aryl methyl sites for hydroxylation is 2. The Labute approximate surface area is 328 Å². The molecule has 2 nitrogen and oxygen atoms in total. The van der Waals surface area contributed by atoms with Crippen LogP contribution < -0.4 is 25.5 Å². The molecular formula is C50H55BN2S. The molecule has 3 heterocycles. The molecule has 5 aromatic carbocycles. The van der Waals surface area contributed by atoms with Crippen molar-refractivity contribution in [3.05, 3.63) is 124 Å². The highest BCUT2D eigenvalue weighted by Crippen LogP contribution is 2.55. The van der Waals surface area contributed by atoms with Crippen LogP contribution in [0.15, 0.2) is 91.0 Å². The molecule has 0 bridgehead atoms. The first-order chi connectivity index (χ1) is 25.4.